The van der Waals surface area contributed by atoms with Crippen molar-refractivity contribution in [1.82, 2.24) is 5.43 Å². The number of carbonyl (C=O) groups is 2. The average Bonchev–Trinajstić information content (AvgIpc) is 2.60. The number of halogens is 2. The van der Waals surface area contributed by atoms with Crippen molar-refractivity contribution in [2.75, 3.05) is 13.2 Å². The number of nitrogens with zero attached hydrogens (tertiary/aromatic N) is 1. The molecule has 136 valence electrons. The van der Waals surface area contributed by atoms with E-state index in [1.165, 1.54) is 12.3 Å². The highest BCUT2D eigenvalue weighted by Crippen LogP contribution is 2.27. The molecule has 0 saturated heterocycles. The predicted octanol–water partition coefficient (Wildman–Crippen LogP) is 2.99. The molecule has 9 heteroatoms. The third-order valence-electron chi connectivity index (χ3n) is 2.92. The molecule has 7 nitrogen and oxygen atoms in total. The topological polar surface area (TPSA) is 97.2 Å². The highest BCUT2D eigenvalue weighted by molar-refractivity contribution is 6.35. The van der Waals surface area contributed by atoms with E-state index in [-0.39, 0.29) is 6.61 Å². The van der Waals surface area contributed by atoms with Crippen molar-refractivity contribution in [3.05, 3.63) is 58.1 Å². The monoisotopic (exact) mass is 396 g/mol. The molecule has 0 aromatic heterocycles. The minimum atomic E-state index is -1.09. The second kappa shape index (κ2) is 9.65. The maximum absolute atomic E-state index is 11.8. The van der Waals surface area contributed by atoms with Crippen LogP contribution in [0, 0.1) is 0 Å². The van der Waals surface area contributed by atoms with Gasteiger partial charge in [-0.25, -0.2) is 10.2 Å². The fraction of sp³-hybridized carbons (Fsp3) is 0.118. The molecule has 0 bridgehead atoms. The normalized spacial score (nSPS) is 10.5. The molecule has 2 rings (SSSR count). The Kier molecular flexibility index (Phi) is 7.25. The fourth-order valence-electron chi connectivity index (χ4n) is 1.80. The molecule has 2 aromatic carbocycles. The second-order valence-electron chi connectivity index (χ2n) is 4.88. The third-order valence-corrected chi connectivity index (χ3v) is 3.45. The van der Waals surface area contributed by atoms with E-state index in [0.29, 0.717) is 27.1 Å². The summed E-state index contributed by atoms with van der Waals surface area (Å²) in [6.45, 7) is -0.775. The summed E-state index contributed by atoms with van der Waals surface area (Å²) in [5, 5.41) is 13.2. The molecule has 0 unspecified atom stereocenters. The summed E-state index contributed by atoms with van der Waals surface area (Å²) in [5.41, 5.74) is 2.80. The Hall–Kier alpha value is -2.77. The number of amides is 1. The zero-order valence-electron chi connectivity index (χ0n) is 13.3. The van der Waals surface area contributed by atoms with E-state index < -0.39 is 18.5 Å². The van der Waals surface area contributed by atoms with Gasteiger partial charge < -0.3 is 14.6 Å². The number of nitrogens with one attached hydrogen (secondary N) is 1. The van der Waals surface area contributed by atoms with Gasteiger partial charge in [-0.15, -0.1) is 0 Å². The van der Waals surface area contributed by atoms with Crippen molar-refractivity contribution in [2.45, 2.75) is 0 Å². The Bertz CT molecular complexity index is 827. The first-order valence-electron chi connectivity index (χ1n) is 7.29. The number of ether oxygens (including phenoxy) is 2. The lowest BCUT2D eigenvalue weighted by Crippen LogP contribution is -2.24. The summed E-state index contributed by atoms with van der Waals surface area (Å²) in [5.74, 6) is -0.945. The number of hydrogen-bond acceptors (Lipinski definition) is 5. The molecular formula is C17H14Cl2N2O5. The summed E-state index contributed by atoms with van der Waals surface area (Å²) in [6.07, 6.45) is 1.34. The minimum Gasteiger partial charge on any atom is -0.482 e. The fourth-order valence-corrected chi connectivity index (χ4v) is 2.26. The van der Waals surface area contributed by atoms with Crippen LogP contribution in [-0.2, 0) is 9.59 Å². The molecule has 0 spiro atoms. The maximum atomic E-state index is 11.8. The van der Waals surface area contributed by atoms with Crippen LogP contribution in [0.25, 0.3) is 0 Å². The molecule has 1 amide bonds. The second-order valence-corrected chi connectivity index (χ2v) is 5.72. The van der Waals surface area contributed by atoms with Crippen molar-refractivity contribution in [1.29, 1.82) is 0 Å². The summed E-state index contributed by atoms with van der Waals surface area (Å²) >= 11 is 11.7. The lowest BCUT2D eigenvalue weighted by Gasteiger charge is -2.07. The van der Waals surface area contributed by atoms with Crippen molar-refractivity contribution >= 4 is 41.3 Å². The number of benzene rings is 2. The molecule has 2 N–H and O–H groups in total. The van der Waals surface area contributed by atoms with Crippen LogP contribution in [0.3, 0.4) is 0 Å². The first-order chi connectivity index (χ1) is 12.5. The zero-order valence-corrected chi connectivity index (χ0v) is 14.8. The van der Waals surface area contributed by atoms with Crippen LogP contribution in [-0.4, -0.2) is 36.4 Å². The molecule has 0 radical (unpaired) electrons. The molecule has 0 aliphatic heterocycles. The van der Waals surface area contributed by atoms with E-state index in [1.54, 1.807) is 36.4 Å². The lowest BCUT2D eigenvalue weighted by molar-refractivity contribution is -0.139. The smallest absolute Gasteiger partial charge is 0.341 e. The summed E-state index contributed by atoms with van der Waals surface area (Å²) in [7, 11) is 0. The SMILES string of the molecule is O=C(O)COc1ccccc1/C=N\NC(=O)COc1ccc(Cl)cc1Cl. The molecule has 26 heavy (non-hydrogen) atoms. The predicted molar refractivity (Wildman–Crippen MR) is 97.3 cm³/mol. The quantitative estimate of drug-likeness (QED) is 0.527. The van der Waals surface area contributed by atoms with Crippen LogP contribution in [0.15, 0.2) is 47.6 Å². The molecular weight excluding hydrogens is 383 g/mol. The lowest BCUT2D eigenvalue weighted by atomic mass is 10.2. The van der Waals surface area contributed by atoms with Gasteiger partial charge in [-0.1, -0.05) is 35.3 Å². The number of carboxylic acids is 1. The van der Waals surface area contributed by atoms with Gasteiger partial charge in [0, 0.05) is 10.6 Å². The molecule has 0 atom stereocenters. The van der Waals surface area contributed by atoms with Gasteiger partial charge in [0.1, 0.15) is 11.5 Å². The van der Waals surface area contributed by atoms with Gasteiger partial charge in [0.25, 0.3) is 5.91 Å². The highest BCUT2D eigenvalue weighted by Gasteiger charge is 2.07. The van der Waals surface area contributed by atoms with Crippen LogP contribution in [0.2, 0.25) is 10.0 Å². The maximum Gasteiger partial charge on any atom is 0.341 e. The van der Waals surface area contributed by atoms with Gasteiger partial charge >= 0.3 is 5.97 Å². The average molecular weight is 397 g/mol. The Labute approximate surface area is 159 Å². The first-order valence-corrected chi connectivity index (χ1v) is 8.04. The standard InChI is InChI=1S/C17H14Cl2N2O5/c18-12-5-6-15(13(19)7-12)25-9-16(22)21-20-8-11-3-1-2-4-14(11)26-10-17(23)24/h1-8H,9-10H2,(H,21,22)(H,23,24)/b20-8-. The number of para-hydroxylation sites is 1. The van der Waals surface area contributed by atoms with Crippen molar-refractivity contribution < 1.29 is 24.2 Å². The Morgan fingerprint density at radius 2 is 1.81 bits per heavy atom. The summed E-state index contributed by atoms with van der Waals surface area (Å²) < 4.78 is 10.4. The molecule has 0 saturated carbocycles. The van der Waals surface area contributed by atoms with Gasteiger partial charge in [-0.3, -0.25) is 4.79 Å². The largest absolute Gasteiger partial charge is 0.482 e. The number of carboxylic acid groups (broad SMARTS) is 1. The van der Waals surface area contributed by atoms with Crippen LogP contribution in [0.4, 0.5) is 0 Å². The third kappa shape index (κ3) is 6.27. The molecule has 0 fully saturated rings. The van der Waals surface area contributed by atoms with E-state index in [2.05, 4.69) is 10.5 Å². The highest BCUT2D eigenvalue weighted by atomic mass is 35.5. The number of aliphatic carboxylic acids is 1. The van der Waals surface area contributed by atoms with E-state index >= 15 is 0 Å². The molecule has 2 aromatic rings. The van der Waals surface area contributed by atoms with Crippen molar-refractivity contribution in [3.63, 3.8) is 0 Å². The number of rotatable bonds is 8. The van der Waals surface area contributed by atoms with Crippen LogP contribution >= 0.6 is 23.2 Å². The van der Waals surface area contributed by atoms with Gasteiger partial charge in [0.2, 0.25) is 0 Å². The Morgan fingerprint density at radius 3 is 2.54 bits per heavy atom. The van der Waals surface area contributed by atoms with E-state index in [9.17, 15) is 9.59 Å². The van der Waals surface area contributed by atoms with Gasteiger partial charge in [0.05, 0.1) is 11.2 Å². The van der Waals surface area contributed by atoms with E-state index in [0.717, 1.165) is 0 Å². The van der Waals surface area contributed by atoms with Gasteiger partial charge in [0.15, 0.2) is 13.2 Å². The van der Waals surface area contributed by atoms with Crippen molar-refractivity contribution in [3.8, 4) is 11.5 Å². The van der Waals surface area contributed by atoms with Crippen LogP contribution in [0.5, 0.6) is 11.5 Å². The van der Waals surface area contributed by atoms with Crippen LogP contribution < -0.4 is 14.9 Å². The van der Waals surface area contributed by atoms with E-state index in [4.69, 9.17) is 37.8 Å². The molecule has 0 aliphatic carbocycles. The summed E-state index contributed by atoms with van der Waals surface area (Å²) in [4.78, 5) is 22.3. The molecule has 0 heterocycles. The van der Waals surface area contributed by atoms with Gasteiger partial charge in [-0.2, -0.15) is 5.10 Å². The minimum absolute atomic E-state index is 0.290. The Balaban J connectivity index is 1.88. The number of hydrazone groups is 1. The zero-order chi connectivity index (χ0) is 18.9. The summed E-state index contributed by atoms with van der Waals surface area (Å²) in [6, 6.07) is 11.3. The van der Waals surface area contributed by atoms with Crippen LogP contribution in [0.1, 0.15) is 5.56 Å². The number of carbonyl (C=O) groups excluding carboxylic acids is 1. The number of hydrogen-bond donors (Lipinski definition) is 2. The molecule has 0 aliphatic rings. The van der Waals surface area contributed by atoms with Crippen molar-refractivity contribution in [2.24, 2.45) is 5.10 Å². The first kappa shape index (κ1) is 19.6. The van der Waals surface area contributed by atoms with Gasteiger partial charge in [-0.05, 0) is 30.3 Å². The van der Waals surface area contributed by atoms with E-state index in [1.807, 2.05) is 0 Å². The Morgan fingerprint density at radius 1 is 1.08 bits per heavy atom.